The number of hydrogen-bond acceptors (Lipinski definition) is 5. The highest BCUT2D eigenvalue weighted by atomic mass is 35.5. The van der Waals surface area contributed by atoms with Crippen molar-refractivity contribution in [2.75, 3.05) is 13.2 Å². The van der Waals surface area contributed by atoms with Crippen molar-refractivity contribution in [2.24, 2.45) is 0 Å². The van der Waals surface area contributed by atoms with Gasteiger partial charge in [-0.2, -0.15) is 0 Å². The van der Waals surface area contributed by atoms with Crippen LogP contribution in [0.5, 0.6) is 0 Å². The van der Waals surface area contributed by atoms with Crippen molar-refractivity contribution >= 4 is 29.3 Å². The van der Waals surface area contributed by atoms with Gasteiger partial charge in [-0.25, -0.2) is 4.79 Å². The first-order valence-corrected chi connectivity index (χ1v) is 7.34. The van der Waals surface area contributed by atoms with Crippen LogP contribution in [0.25, 0.3) is 6.08 Å². The maximum atomic E-state index is 11.6. The number of hydrogen-bond donors (Lipinski definition) is 0. The van der Waals surface area contributed by atoms with Crippen LogP contribution in [0.15, 0.2) is 24.3 Å². The first-order chi connectivity index (χ1) is 10.6. The van der Waals surface area contributed by atoms with Gasteiger partial charge >= 0.3 is 5.97 Å². The predicted molar refractivity (Wildman–Crippen MR) is 81.7 cm³/mol. The topological polar surface area (TPSA) is 78.7 Å². The summed E-state index contributed by atoms with van der Waals surface area (Å²) in [6.45, 7) is 0.927. The molecule has 1 aromatic carbocycles. The first-order valence-electron chi connectivity index (χ1n) is 6.96. The molecule has 0 saturated carbocycles. The molecule has 0 amide bonds. The predicted octanol–water partition coefficient (Wildman–Crippen LogP) is 3.37. The summed E-state index contributed by atoms with van der Waals surface area (Å²) >= 11 is 5.72. The summed E-state index contributed by atoms with van der Waals surface area (Å²) in [4.78, 5) is 21.8. The molecule has 1 aliphatic heterocycles. The fraction of sp³-hybridized carbons (Fsp3) is 0.400. The third-order valence-corrected chi connectivity index (χ3v) is 3.58. The van der Waals surface area contributed by atoms with Crippen LogP contribution in [0.2, 0.25) is 5.02 Å². The quantitative estimate of drug-likeness (QED) is 0.359. The van der Waals surface area contributed by atoms with Crippen LogP contribution in [-0.4, -0.2) is 30.2 Å². The Morgan fingerprint density at radius 3 is 3.00 bits per heavy atom. The van der Waals surface area contributed by atoms with Crippen molar-refractivity contribution in [3.63, 3.8) is 0 Å². The Kier molecular flexibility index (Phi) is 5.91. The Morgan fingerprint density at radius 2 is 2.32 bits per heavy atom. The van der Waals surface area contributed by atoms with Crippen LogP contribution in [0.1, 0.15) is 24.8 Å². The van der Waals surface area contributed by atoms with Crippen molar-refractivity contribution in [1.82, 2.24) is 0 Å². The SMILES string of the molecule is O=C(/C=C/c1ccc(Cl)c([N+](=O)[O-])c1)OCC1CCCCO1. The lowest BCUT2D eigenvalue weighted by Gasteiger charge is -2.21. The van der Waals surface area contributed by atoms with Gasteiger partial charge in [0.05, 0.1) is 11.0 Å². The van der Waals surface area contributed by atoms with E-state index in [2.05, 4.69) is 0 Å². The van der Waals surface area contributed by atoms with Gasteiger partial charge in [0.2, 0.25) is 0 Å². The first kappa shape index (κ1) is 16.5. The molecule has 6 nitrogen and oxygen atoms in total. The van der Waals surface area contributed by atoms with Crippen molar-refractivity contribution in [3.05, 3.63) is 45.0 Å². The lowest BCUT2D eigenvalue weighted by atomic mass is 10.1. The second-order valence-corrected chi connectivity index (χ2v) is 5.33. The summed E-state index contributed by atoms with van der Waals surface area (Å²) in [5, 5.41) is 10.8. The molecular weight excluding hydrogens is 310 g/mol. The maximum absolute atomic E-state index is 11.6. The lowest BCUT2D eigenvalue weighted by Crippen LogP contribution is -2.25. The van der Waals surface area contributed by atoms with E-state index in [1.807, 2.05) is 0 Å². The zero-order chi connectivity index (χ0) is 15.9. The highest BCUT2D eigenvalue weighted by Gasteiger charge is 2.15. The van der Waals surface area contributed by atoms with Crippen LogP contribution in [0.3, 0.4) is 0 Å². The molecule has 1 aliphatic rings. The molecule has 1 saturated heterocycles. The van der Waals surface area contributed by atoms with Crippen molar-refractivity contribution in [1.29, 1.82) is 0 Å². The third-order valence-electron chi connectivity index (χ3n) is 3.26. The largest absolute Gasteiger partial charge is 0.460 e. The van der Waals surface area contributed by atoms with E-state index in [0.29, 0.717) is 12.2 Å². The Hall–Kier alpha value is -1.92. The number of carbonyl (C=O) groups excluding carboxylic acids is 1. The van der Waals surface area contributed by atoms with Gasteiger partial charge in [-0.1, -0.05) is 17.7 Å². The summed E-state index contributed by atoms with van der Waals surface area (Å²) in [5.41, 5.74) is 0.301. The number of ether oxygens (including phenoxy) is 2. The van der Waals surface area contributed by atoms with E-state index >= 15 is 0 Å². The molecule has 22 heavy (non-hydrogen) atoms. The van der Waals surface area contributed by atoms with Gasteiger partial charge in [-0.05, 0) is 37.0 Å². The molecule has 0 aliphatic carbocycles. The summed E-state index contributed by atoms with van der Waals surface area (Å²) in [7, 11) is 0. The molecule has 1 atom stereocenters. The number of nitro benzene ring substituents is 1. The van der Waals surface area contributed by atoms with Gasteiger partial charge in [0.1, 0.15) is 11.6 Å². The summed E-state index contributed by atoms with van der Waals surface area (Å²) in [5.74, 6) is -0.508. The third kappa shape index (κ3) is 4.82. The molecule has 2 rings (SSSR count). The minimum atomic E-state index is -0.571. The van der Waals surface area contributed by atoms with E-state index in [1.54, 1.807) is 6.07 Å². The normalized spacial score (nSPS) is 18.3. The molecule has 0 N–H and O–H groups in total. The van der Waals surface area contributed by atoms with Gasteiger partial charge in [-0.3, -0.25) is 10.1 Å². The molecule has 1 heterocycles. The minimum absolute atomic E-state index is 0.0391. The maximum Gasteiger partial charge on any atom is 0.330 e. The second kappa shape index (κ2) is 7.91. The highest BCUT2D eigenvalue weighted by molar-refractivity contribution is 6.32. The van der Waals surface area contributed by atoms with E-state index in [-0.39, 0.29) is 23.4 Å². The molecule has 1 fully saturated rings. The molecule has 0 radical (unpaired) electrons. The average Bonchev–Trinajstić information content (AvgIpc) is 2.53. The van der Waals surface area contributed by atoms with Gasteiger partial charge in [0.25, 0.3) is 5.69 Å². The Labute approximate surface area is 132 Å². The number of esters is 1. The van der Waals surface area contributed by atoms with Gasteiger partial charge in [0, 0.05) is 18.7 Å². The van der Waals surface area contributed by atoms with Gasteiger partial charge < -0.3 is 9.47 Å². The fourth-order valence-corrected chi connectivity index (χ4v) is 2.29. The molecular formula is C15H16ClNO5. The van der Waals surface area contributed by atoms with Gasteiger partial charge in [-0.15, -0.1) is 0 Å². The van der Waals surface area contributed by atoms with E-state index in [4.69, 9.17) is 21.1 Å². The van der Waals surface area contributed by atoms with Gasteiger partial charge in [0.15, 0.2) is 0 Å². The number of nitrogens with zero attached hydrogens (tertiary/aromatic N) is 1. The number of rotatable bonds is 5. The molecule has 0 spiro atoms. The molecule has 118 valence electrons. The van der Waals surface area contributed by atoms with E-state index in [0.717, 1.165) is 19.3 Å². The van der Waals surface area contributed by atoms with E-state index in [1.165, 1.54) is 24.3 Å². The van der Waals surface area contributed by atoms with Crippen LogP contribution in [-0.2, 0) is 14.3 Å². The van der Waals surface area contributed by atoms with Crippen LogP contribution >= 0.6 is 11.6 Å². The minimum Gasteiger partial charge on any atom is -0.460 e. The van der Waals surface area contributed by atoms with Crippen molar-refractivity contribution in [3.8, 4) is 0 Å². The second-order valence-electron chi connectivity index (χ2n) is 4.92. The number of halogens is 1. The Morgan fingerprint density at radius 1 is 1.50 bits per heavy atom. The van der Waals surface area contributed by atoms with E-state index < -0.39 is 10.9 Å². The highest BCUT2D eigenvalue weighted by Crippen LogP contribution is 2.25. The number of nitro groups is 1. The number of carbonyl (C=O) groups is 1. The lowest BCUT2D eigenvalue weighted by molar-refractivity contribution is -0.384. The molecule has 0 aromatic heterocycles. The molecule has 1 unspecified atom stereocenters. The van der Waals surface area contributed by atoms with Crippen LogP contribution < -0.4 is 0 Å². The zero-order valence-electron chi connectivity index (χ0n) is 11.9. The average molecular weight is 326 g/mol. The standard InChI is InChI=1S/C15H16ClNO5/c16-13-6-4-11(9-14(13)17(19)20)5-7-15(18)22-10-12-3-1-2-8-21-12/h4-7,9,12H,1-3,8,10H2/b7-5+. The molecule has 7 heteroatoms. The zero-order valence-corrected chi connectivity index (χ0v) is 12.6. The van der Waals surface area contributed by atoms with Crippen molar-refractivity contribution in [2.45, 2.75) is 25.4 Å². The summed E-state index contributed by atoms with van der Waals surface area (Å²) in [6.07, 6.45) is 5.65. The Balaban J connectivity index is 1.89. The Bertz CT molecular complexity index is 581. The fourth-order valence-electron chi connectivity index (χ4n) is 2.10. The monoisotopic (exact) mass is 325 g/mol. The number of benzene rings is 1. The molecule has 0 bridgehead atoms. The van der Waals surface area contributed by atoms with Crippen LogP contribution in [0, 0.1) is 10.1 Å². The van der Waals surface area contributed by atoms with Crippen molar-refractivity contribution < 1.29 is 19.2 Å². The van der Waals surface area contributed by atoms with Crippen LogP contribution in [0.4, 0.5) is 5.69 Å². The van der Waals surface area contributed by atoms with E-state index in [9.17, 15) is 14.9 Å². The molecule has 1 aromatic rings. The summed E-state index contributed by atoms with van der Waals surface area (Å²) < 4.78 is 10.5. The smallest absolute Gasteiger partial charge is 0.330 e. The summed E-state index contributed by atoms with van der Waals surface area (Å²) in [6, 6.07) is 4.31.